The van der Waals surface area contributed by atoms with Crippen LogP contribution in [0.2, 0.25) is 0 Å². The summed E-state index contributed by atoms with van der Waals surface area (Å²) in [6.07, 6.45) is 0. The van der Waals surface area contributed by atoms with Crippen molar-refractivity contribution in [2.45, 2.75) is 13.5 Å². The molecule has 0 unspecified atom stereocenters. The Bertz CT molecular complexity index is 883. The number of hydrogen-bond acceptors (Lipinski definition) is 3. The number of ether oxygens (including phenoxy) is 2. The normalized spacial score (nSPS) is 10.6. The summed E-state index contributed by atoms with van der Waals surface area (Å²) in [7, 11) is 3.18. The summed E-state index contributed by atoms with van der Waals surface area (Å²) >= 11 is 0. The van der Waals surface area contributed by atoms with E-state index in [2.05, 4.69) is 16.4 Å². The minimum atomic E-state index is -0.140. The number of carbonyl (C=O) groups excluding carboxylic acids is 1. The van der Waals surface area contributed by atoms with Gasteiger partial charge in [-0.25, -0.2) is 0 Å². The third-order valence-corrected chi connectivity index (χ3v) is 3.92. The van der Waals surface area contributed by atoms with E-state index in [-0.39, 0.29) is 5.91 Å². The Balaban J connectivity index is 1.72. The van der Waals surface area contributed by atoms with Crippen LogP contribution in [-0.2, 0) is 6.54 Å². The Morgan fingerprint density at radius 3 is 2.58 bits per heavy atom. The van der Waals surface area contributed by atoms with Gasteiger partial charge >= 0.3 is 0 Å². The molecule has 2 aromatic carbocycles. The predicted octanol–water partition coefficient (Wildman–Crippen LogP) is 3.42. The molecule has 24 heavy (non-hydrogen) atoms. The van der Waals surface area contributed by atoms with Crippen molar-refractivity contribution in [3.05, 3.63) is 59.3 Å². The molecule has 3 rings (SSSR count). The van der Waals surface area contributed by atoms with Crippen molar-refractivity contribution in [2.75, 3.05) is 14.2 Å². The highest BCUT2D eigenvalue weighted by Crippen LogP contribution is 2.27. The van der Waals surface area contributed by atoms with Gasteiger partial charge in [-0.15, -0.1) is 0 Å². The minimum absolute atomic E-state index is 0.140. The number of H-pyrrole nitrogens is 1. The van der Waals surface area contributed by atoms with Crippen molar-refractivity contribution in [3.8, 4) is 11.5 Å². The van der Waals surface area contributed by atoms with Gasteiger partial charge in [0.25, 0.3) is 5.91 Å². The van der Waals surface area contributed by atoms with E-state index in [0.29, 0.717) is 23.7 Å². The molecule has 0 radical (unpaired) electrons. The summed E-state index contributed by atoms with van der Waals surface area (Å²) in [5.41, 5.74) is 3.61. The third-order valence-electron chi connectivity index (χ3n) is 3.92. The first-order chi connectivity index (χ1) is 11.6. The molecule has 0 spiro atoms. The van der Waals surface area contributed by atoms with Gasteiger partial charge in [0.2, 0.25) is 0 Å². The van der Waals surface area contributed by atoms with Crippen molar-refractivity contribution < 1.29 is 14.3 Å². The molecular weight excluding hydrogens is 304 g/mol. The number of benzene rings is 2. The SMILES string of the molecule is COc1ccc(CNC(=O)c2cc3cc(C)ccc3[nH]2)cc1OC. The Morgan fingerprint density at radius 2 is 1.83 bits per heavy atom. The lowest BCUT2D eigenvalue weighted by Gasteiger charge is -2.10. The van der Waals surface area contributed by atoms with Crippen LogP contribution in [0.25, 0.3) is 10.9 Å². The zero-order valence-corrected chi connectivity index (χ0v) is 14.0. The van der Waals surface area contributed by atoms with Crippen molar-refractivity contribution in [2.24, 2.45) is 0 Å². The first-order valence-electron chi connectivity index (χ1n) is 7.69. The lowest BCUT2D eigenvalue weighted by Crippen LogP contribution is -2.23. The number of hydrogen-bond donors (Lipinski definition) is 2. The van der Waals surface area contributed by atoms with E-state index in [1.807, 2.05) is 43.3 Å². The Hall–Kier alpha value is -2.95. The summed E-state index contributed by atoms with van der Waals surface area (Å²) in [4.78, 5) is 15.5. The largest absolute Gasteiger partial charge is 0.493 e. The molecule has 3 aromatic rings. The summed E-state index contributed by atoms with van der Waals surface area (Å²) in [5.74, 6) is 1.17. The fourth-order valence-corrected chi connectivity index (χ4v) is 2.64. The maximum atomic E-state index is 12.4. The van der Waals surface area contributed by atoms with Gasteiger partial charge in [0.1, 0.15) is 5.69 Å². The first-order valence-corrected chi connectivity index (χ1v) is 7.69. The molecule has 124 valence electrons. The predicted molar refractivity (Wildman–Crippen MR) is 93.8 cm³/mol. The summed E-state index contributed by atoms with van der Waals surface area (Å²) in [5, 5.41) is 3.95. The molecule has 1 amide bonds. The molecule has 0 fully saturated rings. The second-order valence-corrected chi connectivity index (χ2v) is 5.65. The van der Waals surface area contributed by atoms with Crippen LogP contribution in [-0.4, -0.2) is 25.1 Å². The van der Waals surface area contributed by atoms with Gasteiger partial charge in [-0.2, -0.15) is 0 Å². The number of aromatic amines is 1. The van der Waals surface area contributed by atoms with Gasteiger partial charge in [0.05, 0.1) is 14.2 Å². The maximum Gasteiger partial charge on any atom is 0.267 e. The molecular formula is C19H20N2O3. The molecule has 0 aliphatic heterocycles. The van der Waals surface area contributed by atoms with E-state index >= 15 is 0 Å². The van der Waals surface area contributed by atoms with Crippen LogP contribution in [0.5, 0.6) is 11.5 Å². The fraction of sp³-hybridized carbons (Fsp3) is 0.211. The van der Waals surface area contributed by atoms with E-state index in [9.17, 15) is 4.79 Å². The quantitative estimate of drug-likeness (QED) is 0.756. The van der Waals surface area contributed by atoms with E-state index in [1.165, 1.54) is 5.56 Å². The highest BCUT2D eigenvalue weighted by Gasteiger charge is 2.10. The van der Waals surface area contributed by atoms with Crippen molar-refractivity contribution in [3.63, 3.8) is 0 Å². The molecule has 1 heterocycles. The lowest BCUT2D eigenvalue weighted by molar-refractivity contribution is 0.0946. The zero-order valence-electron chi connectivity index (χ0n) is 14.0. The van der Waals surface area contributed by atoms with Gasteiger partial charge in [-0.05, 0) is 42.8 Å². The molecule has 5 nitrogen and oxygen atoms in total. The number of aromatic nitrogens is 1. The molecule has 5 heteroatoms. The molecule has 2 N–H and O–H groups in total. The summed E-state index contributed by atoms with van der Waals surface area (Å²) < 4.78 is 10.5. The van der Waals surface area contributed by atoms with E-state index in [0.717, 1.165) is 16.5 Å². The van der Waals surface area contributed by atoms with Crippen LogP contribution < -0.4 is 14.8 Å². The number of methoxy groups -OCH3 is 2. The molecule has 0 bridgehead atoms. The van der Waals surface area contributed by atoms with E-state index < -0.39 is 0 Å². The number of amides is 1. The van der Waals surface area contributed by atoms with Gasteiger partial charge in [-0.3, -0.25) is 4.79 Å². The van der Waals surface area contributed by atoms with Crippen LogP contribution >= 0.6 is 0 Å². The second kappa shape index (κ2) is 6.66. The molecule has 1 aromatic heterocycles. The van der Waals surface area contributed by atoms with E-state index in [4.69, 9.17) is 9.47 Å². The van der Waals surface area contributed by atoms with Gasteiger partial charge in [-0.1, -0.05) is 17.7 Å². The summed E-state index contributed by atoms with van der Waals surface area (Å²) in [6, 6.07) is 13.5. The smallest absolute Gasteiger partial charge is 0.267 e. The Morgan fingerprint density at radius 1 is 1.04 bits per heavy atom. The van der Waals surface area contributed by atoms with Gasteiger partial charge < -0.3 is 19.8 Å². The topological polar surface area (TPSA) is 63.3 Å². The highest BCUT2D eigenvalue weighted by atomic mass is 16.5. The van der Waals surface area contributed by atoms with E-state index in [1.54, 1.807) is 14.2 Å². The number of rotatable bonds is 5. The van der Waals surface area contributed by atoms with Crippen molar-refractivity contribution in [1.29, 1.82) is 0 Å². The van der Waals surface area contributed by atoms with Gasteiger partial charge in [0, 0.05) is 17.4 Å². The zero-order chi connectivity index (χ0) is 17.1. The average molecular weight is 324 g/mol. The van der Waals surface area contributed by atoms with Crippen LogP contribution in [0.15, 0.2) is 42.5 Å². The monoisotopic (exact) mass is 324 g/mol. The molecule has 0 saturated carbocycles. The number of fused-ring (bicyclic) bond motifs is 1. The van der Waals surface area contributed by atoms with Gasteiger partial charge in [0.15, 0.2) is 11.5 Å². The maximum absolute atomic E-state index is 12.4. The standard InChI is InChI=1S/C19H20N2O3/c1-12-4-6-15-14(8-12)10-16(21-15)19(22)20-11-13-5-7-17(23-2)18(9-13)24-3/h4-10,21H,11H2,1-3H3,(H,20,22). The van der Waals surface area contributed by atoms with Crippen LogP contribution in [0, 0.1) is 6.92 Å². The van der Waals surface area contributed by atoms with Crippen LogP contribution in [0.4, 0.5) is 0 Å². The van der Waals surface area contributed by atoms with Crippen LogP contribution in [0.1, 0.15) is 21.6 Å². The van der Waals surface area contributed by atoms with Crippen molar-refractivity contribution >= 4 is 16.8 Å². The second-order valence-electron chi connectivity index (χ2n) is 5.65. The molecule has 0 saturated heterocycles. The first kappa shape index (κ1) is 15.9. The molecule has 0 atom stereocenters. The number of carbonyl (C=O) groups is 1. The van der Waals surface area contributed by atoms with Crippen molar-refractivity contribution in [1.82, 2.24) is 10.3 Å². The minimum Gasteiger partial charge on any atom is -0.493 e. The third kappa shape index (κ3) is 3.20. The summed E-state index contributed by atoms with van der Waals surface area (Å²) in [6.45, 7) is 2.44. The molecule has 0 aliphatic carbocycles. The Labute approximate surface area is 140 Å². The molecule has 0 aliphatic rings. The fourth-order valence-electron chi connectivity index (χ4n) is 2.64. The average Bonchev–Trinajstić information content (AvgIpc) is 3.02. The highest BCUT2D eigenvalue weighted by molar-refractivity contribution is 5.98. The van der Waals surface area contributed by atoms with Crippen LogP contribution in [0.3, 0.4) is 0 Å². The Kier molecular flexibility index (Phi) is 4.42. The number of nitrogens with one attached hydrogen (secondary N) is 2. The lowest BCUT2D eigenvalue weighted by atomic mass is 10.2. The number of aryl methyl sites for hydroxylation is 1.